The molecule has 0 saturated carbocycles. The topological polar surface area (TPSA) is 72.0 Å². The van der Waals surface area contributed by atoms with Gasteiger partial charge in [0.05, 0.1) is 5.75 Å². The van der Waals surface area contributed by atoms with Gasteiger partial charge in [0, 0.05) is 5.69 Å². The number of hydrogen-bond acceptors (Lipinski definition) is 5. The summed E-state index contributed by atoms with van der Waals surface area (Å²) >= 11 is 5.77. The molecule has 0 bridgehead atoms. The summed E-state index contributed by atoms with van der Waals surface area (Å²) in [5, 5.41) is 3.24. The Bertz CT molecular complexity index is 510. The van der Waals surface area contributed by atoms with E-state index in [2.05, 4.69) is 15.3 Å². The maximum absolute atomic E-state index is 12.2. The maximum atomic E-state index is 12.2. The molecule has 108 valence electrons. The molecule has 5 nitrogen and oxygen atoms in total. The van der Waals surface area contributed by atoms with Crippen molar-refractivity contribution in [3.63, 3.8) is 0 Å². The highest BCUT2D eigenvalue weighted by molar-refractivity contribution is 7.91. The Morgan fingerprint density at radius 1 is 1.37 bits per heavy atom. The van der Waals surface area contributed by atoms with Crippen molar-refractivity contribution in [1.29, 1.82) is 0 Å². The Morgan fingerprint density at radius 2 is 2.00 bits per heavy atom. The van der Waals surface area contributed by atoms with Crippen LogP contribution in [0.3, 0.4) is 0 Å². The van der Waals surface area contributed by atoms with E-state index in [0.29, 0.717) is 5.69 Å². The number of rotatable bonds is 3. The minimum atomic E-state index is -3.44. The summed E-state index contributed by atoms with van der Waals surface area (Å²) in [5.41, 5.74) is 0.568. The molecule has 1 aliphatic heterocycles. The molecule has 0 aliphatic carbocycles. The van der Waals surface area contributed by atoms with E-state index in [1.807, 2.05) is 0 Å². The minimum absolute atomic E-state index is 0. The Kier molecular flexibility index (Phi) is 5.98. The lowest BCUT2D eigenvalue weighted by molar-refractivity contribution is 0.400. The fourth-order valence-corrected chi connectivity index (χ4v) is 3.99. The molecular weight excluding hydrogens is 309 g/mol. The van der Waals surface area contributed by atoms with Crippen LogP contribution in [0.1, 0.15) is 18.5 Å². The highest BCUT2D eigenvalue weighted by Gasteiger charge is 2.25. The molecule has 0 unspecified atom stereocenters. The molecule has 19 heavy (non-hydrogen) atoms. The Hall–Kier alpha value is -0.430. The monoisotopic (exact) mass is 325 g/mol. The van der Waals surface area contributed by atoms with Crippen LogP contribution in [0, 0.1) is 12.8 Å². The summed E-state index contributed by atoms with van der Waals surface area (Å²) in [6.45, 7) is 3.45. The number of halogens is 2. The smallest absolute Gasteiger partial charge is 0.248 e. The number of aryl methyl sites for hydroxylation is 1. The van der Waals surface area contributed by atoms with Crippen LogP contribution in [-0.4, -0.2) is 37.2 Å². The Morgan fingerprint density at radius 3 is 2.58 bits per heavy atom. The van der Waals surface area contributed by atoms with Gasteiger partial charge < -0.3 is 5.32 Å². The third kappa shape index (κ3) is 4.56. The van der Waals surface area contributed by atoms with Gasteiger partial charge in [-0.15, -0.1) is 12.4 Å². The van der Waals surface area contributed by atoms with Gasteiger partial charge in [-0.2, -0.15) is 0 Å². The third-order valence-electron chi connectivity index (χ3n) is 2.99. The Balaban J connectivity index is 0.00000180. The second-order valence-corrected chi connectivity index (χ2v) is 6.90. The van der Waals surface area contributed by atoms with Gasteiger partial charge >= 0.3 is 0 Å². The van der Waals surface area contributed by atoms with Gasteiger partial charge in [-0.1, -0.05) is 11.6 Å². The number of nitrogens with zero attached hydrogens (tertiary/aromatic N) is 2. The zero-order valence-electron chi connectivity index (χ0n) is 10.6. The normalized spacial score (nSPS) is 16.9. The zero-order chi connectivity index (χ0) is 13.2. The second kappa shape index (κ2) is 6.83. The van der Waals surface area contributed by atoms with Crippen LogP contribution >= 0.6 is 24.0 Å². The molecule has 0 atom stereocenters. The van der Waals surface area contributed by atoms with Crippen LogP contribution in [0.25, 0.3) is 0 Å². The SMILES string of the molecule is Cc1cc(Cl)nc(S(=O)(=O)CC2CCNCC2)n1.Cl. The number of nitrogens with one attached hydrogen (secondary N) is 1. The molecular formula is C11H17Cl2N3O2S. The van der Waals surface area contributed by atoms with Crippen molar-refractivity contribution in [3.8, 4) is 0 Å². The van der Waals surface area contributed by atoms with E-state index in [1.54, 1.807) is 13.0 Å². The van der Waals surface area contributed by atoms with Crippen LogP contribution in [0.2, 0.25) is 5.15 Å². The van der Waals surface area contributed by atoms with Crippen molar-refractivity contribution >= 4 is 33.8 Å². The van der Waals surface area contributed by atoms with E-state index >= 15 is 0 Å². The highest BCUT2D eigenvalue weighted by Crippen LogP contribution is 2.19. The van der Waals surface area contributed by atoms with Gasteiger partial charge in [-0.3, -0.25) is 0 Å². The van der Waals surface area contributed by atoms with Crippen LogP contribution in [0.4, 0.5) is 0 Å². The lowest BCUT2D eigenvalue weighted by atomic mass is 10.0. The van der Waals surface area contributed by atoms with Crippen LogP contribution in [0.5, 0.6) is 0 Å². The van der Waals surface area contributed by atoms with Gasteiger partial charge in [-0.25, -0.2) is 18.4 Å². The molecule has 1 N–H and O–H groups in total. The first-order valence-corrected chi connectivity index (χ1v) is 7.95. The van der Waals surface area contributed by atoms with Crippen LogP contribution in [0.15, 0.2) is 11.2 Å². The molecule has 1 aromatic rings. The van der Waals surface area contributed by atoms with Gasteiger partial charge in [0.1, 0.15) is 5.15 Å². The van der Waals surface area contributed by atoms with Crippen molar-refractivity contribution < 1.29 is 8.42 Å². The summed E-state index contributed by atoms with van der Waals surface area (Å²) < 4.78 is 24.4. The van der Waals surface area contributed by atoms with E-state index < -0.39 is 9.84 Å². The van der Waals surface area contributed by atoms with Crippen molar-refractivity contribution in [1.82, 2.24) is 15.3 Å². The van der Waals surface area contributed by atoms with Crippen molar-refractivity contribution in [3.05, 3.63) is 16.9 Å². The van der Waals surface area contributed by atoms with E-state index in [0.717, 1.165) is 25.9 Å². The number of hydrogen-bond donors (Lipinski definition) is 1. The summed E-state index contributed by atoms with van der Waals surface area (Å²) in [5.74, 6) is 0.285. The van der Waals surface area contributed by atoms with Gasteiger partial charge in [-0.05, 0) is 44.8 Å². The van der Waals surface area contributed by atoms with E-state index in [9.17, 15) is 8.42 Å². The first-order valence-electron chi connectivity index (χ1n) is 5.92. The van der Waals surface area contributed by atoms with Crippen molar-refractivity contribution in [2.24, 2.45) is 5.92 Å². The molecule has 1 aromatic heterocycles. The molecule has 0 spiro atoms. The second-order valence-electron chi connectivity index (χ2n) is 4.59. The fourth-order valence-electron chi connectivity index (χ4n) is 2.08. The molecule has 0 radical (unpaired) electrons. The summed E-state index contributed by atoms with van der Waals surface area (Å²) in [6, 6.07) is 1.55. The third-order valence-corrected chi connectivity index (χ3v) is 4.84. The largest absolute Gasteiger partial charge is 0.317 e. The maximum Gasteiger partial charge on any atom is 0.248 e. The predicted octanol–water partition coefficient (Wildman–Crippen LogP) is 1.63. The summed E-state index contributed by atoms with van der Waals surface area (Å²) in [7, 11) is -3.44. The number of piperidine rings is 1. The first-order chi connectivity index (χ1) is 8.47. The molecule has 8 heteroatoms. The quantitative estimate of drug-likeness (QED) is 0.675. The zero-order valence-corrected chi connectivity index (χ0v) is 13.0. The van der Waals surface area contributed by atoms with Crippen molar-refractivity contribution in [2.45, 2.75) is 24.9 Å². The highest BCUT2D eigenvalue weighted by atomic mass is 35.5. The lowest BCUT2D eigenvalue weighted by Crippen LogP contribution is -2.31. The van der Waals surface area contributed by atoms with E-state index in [-0.39, 0.29) is 34.4 Å². The van der Waals surface area contributed by atoms with E-state index in [4.69, 9.17) is 11.6 Å². The van der Waals surface area contributed by atoms with Gasteiger partial charge in [0.25, 0.3) is 0 Å². The molecule has 2 heterocycles. The molecule has 1 saturated heterocycles. The Labute approximate surface area is 124 Å². The van der Waals surface area contributed by atoms with Gasteiger partial charge in [0.2, 0.25) is 15.0 Å². The van der Waals surface area contributed by atoms with Gasteiger partial charge in [0.15, 0.2) is 0 Å². The fraction of sp³-hybridized carbons (Fsp3) is 0.636. The van der Waals surface area contributed by atoms with Crippen LogP contribution < -0.4 is 5.32 Å². The van der Waals surface area contributed by atoms with Crippen LogP contribution in [-0.2, 0) is 9.84 Å². The standard InChI is InChI=1S/C11H16ClN3O2S.ClH/c1-8-6-10(12)15-11(14-8)18(16,17)7-9-2-4-13-5-3-9;/h6,9,13H,2-5,7H2,1H3;1H. The number of sulfone groups is 1. The predicted molar refractivity (Wildman–Crippen MR) is 76.7 cm³/mol. The summed E-state index contributed by atoms with van der Waals surface area (Å²) in [4.78, 5) is 7.79. The molecule has 2 rings (SSSR count). The minimum Gasteiger partial charge on any atom is -0.317 e. The lowest BCUT2D eigenvalue weighted by Gasteiger charge is -2.21. The van der Waals surface area contributed by atoms with Crippen molar-refractivity contribution in [2.75, 3.05) is 18.8 Å². The molecule has 0 aromatic carbocycles. The average Bonchev–Trinajstić information content (AvgIpc) is 2.28. The molecule has 1 aliphatic rings. The number of aromatic nitrogens is 2. The average molecular weight is 326 g/mol. The first kappa shape index (κ1) is 16.6. The van der Waals surface area contributed by atoms with E-state index in [1.165, 1.54) is 0 Å². The summed E-state index contributed by atoms with van der Waals surface area (Å²) in [6.07, 6.45) is 1.75. The molecule has 0 amide bonds. The molecule has 1 fully saturated rings.